The molecular weight excluding hydrogens is 546 g/mol. The van der Waals surface area contributed by atoms with Crippen LogP contribution in [0.5, 0.6) is 5.75 Å². The van der Waals surface area contributed by atoms with E-state index < -0.39 is 5.97 Å². The van der Waals surface area contributed by atoms with Crippen LogP contribution in [0, 0.1) is 6.92 Å². The molecule has 0 aliphatic heterocycles. The van der Waals surface area contributed by atoms with Crippen LogP contribution < -0.4 is 10.1 Å². The molecule has 1 heterocycles. The molecule has 0 aliphatic carbocycles. The molecule has 0 saturated heterocycles. The zero-order chi connectivity index (χ0) is 22.5. The molecule has 1 N–H and O–H groups in total. The van der Waals surface area contributed by atoms with E-state index in [0.717, 1.165) is 30.5 Å². The highest BCUT2D eigenvalue weighted by Gasteiger charge is 2.24. The fourth-order valence-corrected chi connectivity index (χ4v) is 4.90. The van der Waals surface area contributed by atoms with Gasteiger partial charge in [0, 0.05) is 21.0 Å². The molecule has 0 atom stereocenters. The SMILES string of the molecule is COC(=O)c1c(NC(=O)/C=C/c2ccc(OC)c(Br)c2)sc(C)c1-c1ccc(Br)cc1. The number of carbonyl (C=O) groups excluding carboxylic acids is 2. The highest BCUT2D eigenvalue weighted by Crippen LogP contribution is 2.40. The van der Waals surface area contributed by atoms with E-state index in [9.17, 15) is 9.59 Å². The molecule has 8 heteroatoms. The summed E-state index contributed by atoms with van der Waals surface area (Å²) in [6.07, 6.45) is 3.11. The van der Waals surface area contributed by atoms with E-state index >= 15 is 0 Å². The van der Waals surface area contributed by atoms with Gasteiger partial charge in [0.1, 0.15) is 16.3 Å². The second-order valence-corrected chi connectivity index (χ2v) is 9.45. The molecule has 0 fully saturated rings. The highest BCUT2D eigenvalue weighted by atomic mass is 79.9. The van der Waals surface area contributed by atoms with Gasteiger partial charge in [-0.25, -0.2) is 4.79 Å². The third-order valence-corrected chi connectivity index (χ3v) is 6.62. The molecule has 0 spiro atoms. The summed E-state index contributed by atoms with van der Waals surface area (Å²) in [7, 11) is 2.92. The number of carbonyl (C=O) groups is 2. The van der Waals surface area contributed by atoms with Crippen LogP contribution >= 0.6 is 43.2 Å². The predicted octanol–water partition coefficient (Wildman–Crippen LogP) is 6.70. The molecule has 0 radical (unpaired) electrons. The molecule has 0 unspecified atom stereocenters. The lowest BCUT2D eigenvalue weighted by Crippen LogP contribution is -2.11. The first kappa shape index (κ1) is 23.2. The number of benzene rings is 2. The molecule has 160 valence electrons. The summed E-state index contributed by atoms with van der Waals surface area (Å²) in [6, 6.07) is 13.1. The van der Waals surface area contributed by atoms with Crippen molar-refractivity contribution in [1.82, 2.24) is 0 Å². The van der Waals surface area contributed by atoms with Gasteiger partial charge in [-0.1, -0.05) is 34.1 Å². The number of methoxy groups -OCH3 is 2. The van der Waals surface area contributed by atoms with Crippen LogP contribution in [0.25, 0.3) is 17.2 Å². The number of nitrogens with one attached hydrogen (secondary N) is 1. The Labute approximate surface area is 201 Å². The summed E-state index contributed by atoms with van der Waals surface area (Å²) < 4.78 is 11.9. The molecule has 0 saturated carbocycles. The van der Waals surface area contributed by atoms with Gasteiger partial charge in [0.25, 0.3) is 0 Å². The van der Waals surface area contributed by atoms with Crippen LogP contribution in [-0.2, 0) is 9.53 Å². The summed E-state index contributed by atoms with van der Waals surface area (Å²) in [5, 5.41) is 3.27. The number of hydrogen-bond acceptors (Lipinski definition) is 5. The normalized spacial score (nSPS) is 10.9. The van der Waals surface area contributed by atoms with Gasteiger partial charge >= 0.3 is 5.97 Å². The Balaban J connectivity index is 1.89. The minimum absolute atomic E-state index is 0.347. The molecule has 1 aromatic heterocycles. The van der Waals surface area contributed by atoms with Crippen molar-refractivity contribution in [1.29, 1.82) is 0 Å². The van der Waals surface area contributed by atoms with Gasteiger partial charge in [-0.3, -0.25) is 4.79 Å². The molecule has 0 bridgehead atoms. The van der Waals surface area contributed by atoms with Gasteiger partial charge in [-0.2, -0.15) is 0 Å². The van der Waals surface area contributed by atoms with Crippen molar-refractivity contribution in [3.8, 4) is 16.9 Å². The molecule has 2 aromatic carbocycles. The first-order chi connectivity index (χ1) is 14.8. The van der Waals surface area contributed by atoms with Crippen LogP contribution in [0.2, 0.25) is 0 Å². The summed E-state index contributed by atoms with van der Waals surface area (Å²) >= 11 is 8.19. The van der Waals surface area contributed by atoms with Crippen molar-refractivity contribution in [2.24, 2.45) is 0 Å². The Morgan fingerprint density at radius 3 is 2.39 bits per heavy atom. The maximum Gasteiger partial charge on any atom is 0.341 e. The van der Waals surface area contributed by atoms with Gasteiger partial charge in [0.05, 0.1) is 18.7 Å². The number of halogens is 2. The van der Waals surface area contributed by atoms with Crippen molar-refractivity contribution < 1.29 is 19.1 Å². The number of ether oxygens (including phenoxy) is 2. The van der Waals surface area contributed by atoms with Gasteiger partial charge in [-0.15, -0.1) is 11.3 Å². The molecular formula is C23H19Br2NO4S. The third kappa shape index (κ3) is 5.44. The van der Waals surface area contributed by atoms with E-state index in [1.165, 1.54) is 24.5 Å². The molecule has 3 rings (SSSR count). The molecule has 0 aliphatic rings. The minimum atomic E-state index is -0.499. The summed E-state index contributed by atoms with van der Waals surface area (Å²) in [5.74, 6) is -0.139. The van der Waals surface area contributed by atoms with E-state index in [0.29, 0.717) is 16.3 Å². The maximum absolute atomic E-state index is 12.6. The quantitative estimate of drug-likeness (QED) is 0.267. The number of aryl methyl sites for hydroxylation is 1. The van der Waals surface area contributed by atoms with Gasteiger partial charge < -0.3 is 14.8 Å². The van der Waals surface area contributed by atoms with Gasteiger partial charge in [0.15, 0.2) is 0 Å². The molecule has 1 amide bonds. The lowest BCUT2D eigenvalue weighted by Gasteiger charge is -2.07. The second-order valence-electron chi connectivity index (χ2n) is 6.45. The number of anilines is 1. The number of esters is 1. The topological polar surface area (TPSA) is 64.6 Å². The van der Waals surface area contributed by atoms with Gasteiger partial charge in [-0.05, 0) is 64.3 Å². The largest absolute Gasteiger partial charge is 0.496 e. The summed E-state index contributed by atoms with van der Waals surface area (Å²) in [4.78, 5) is 26.0. The predicted molar refractivity (Wildman–Crippen MR) is 132 cm³/mol. The van der Waals surface area contributed by atoms with Crippen molar-refractivity contribution in [3.63, 3.8) is 0 Å². The van der Waals surface area contributed by atoms with Crippen molar-refractivity contribution in [2.45, 2.75) is 6.92 Å². The molecule has 5 nitrogen and oxygen atoms in total. The monoisotopic (exact) mass is 563 g/mol. The first-order valence-electron chi connectivity index (χ1n) is 9.14. The average Bonchev–Trinajstić information content (AvgIpc) is 3.07. The smallest absolute Gasteiger partial charge is 0.341 e. The van der Waals surface area contributed by atoms with Gasteiger partial charge in [0.2, 0.25) is 5.91 Å². The Kier molecular flexibility index (Phi) is 7.69. The first-order valence-corrected chi connectivity index (χ1v) is 11.5. The Morgan fingerprint density at radius 1 is 1.06 bits per heavy atom. The van der Waals surface area contributed by atoms with E-state index in [1.54, 1.807) is 13.2 Å². The summed E-state index contributed by atoms with van der Waals surface area (Å²) in [6.45, 7) is 1.91. The lowest BCUT2D eigenvalue weighted by atomic mass is 10.0. The van der Waals surface area contributed by atoms with Crippen molar-refractivity contribution in [2.75, 3.05) is 19.5 Å². The fraction of sp³-hybridized carbons (Fsp3) is 0.130. The van der Waals surface area contributed by atoms with E-state index in [1.807, 2.05) is 49.4 Å². The maximum atomic E-state index is 12.6. The Bertz CT molecular complexity index is 1150. The highest BCUT2D eigenvalue weighted by molar-refractivity contribution is 9.10. The van der Waals surface area contributed by atoms with E-state index in [2.05, 4.69) is 37.2 Å². The molecule has 31 heavy (non-hydrogen) atoms. The van der Waals surface area contributed by atoms with Crippen LogP contribution in [-0.4, -0.2) is 26.1 Å². The number of amides is 1. The van der Waals surface area contributed by atoms with E-state index in [-0.39, 0.29) is 5.91 Å². The zero-order valence-electron chi connectivity index (χ0n) is 17.0. The minimum Gasteiger partial charge on any atom is -0.496 e. The fourth-order valence-electron chi connectivity index (χ4n) is 3.01. The van der Waals surface area contributed by atoms with Crippen LogP contribution in [0.1, 0.15) is 20.8 Å². The number of hydrogen-bond donors (Lipinski definition) is 1. The van der Waals surface area contributed by atoms with Crippen LogP contribution in [0.4, 0.5) is 5.00 Å². The van der Waals surface area contributed by atoms with Crippen molar-refractivity contribution in [3.05, 3.63) is 73.5 Å². The zero-order valence-corrected chi connectivity index (χ0v) is 21.0. The van der Waals surface area contributed by atoms with Crippen LogP contribution in [0.3, 0.4) is 0 Å². The number of rotatable bonds is 6. The van der Waals surface area contributed by atoms with E-state index in [4.69, 9.17) is 9.47 Å². The lowest BCUT2D eigenvalue weighted by molar-refractivity contribution is -0.111. The third-order valence-electron chi connectivity index (χ3n) is 4.45. The average molecular weight is 565 g/mol. The van der Waals surface area contributed by atoms with Crippen molar-refractivity contribution >= 4 is 66.2 Å². The standard InChI is InChI=1S/C23H19Br2NO4S/c1-13-20(15-6-8-16(24)9-7-15)21(23(28)30-3)22(31-13)26-19(27)11-5-14-4-10-18(29-2)17(25)12-14/h4-12H,1-3H3,(H,26,27)/b11-5+. The Morgan fingerprint density at radius 2 is 1.77 bits per heavy atom. The molecule has 3 aromatic rings. The summed E-state index contributed by atoms with van der Waals surface area (Å²) in [5.41, 5.74) is 2.80. The Hall–Kier alpha value is -2.42. The van der Waals surface area contributed by atoms with Crippen LogP contribution in [0.15, 0.2) is 57.5 Å². The number of thiophene rings is 1. The second kappa shape index (κ2) is 10.3.